The molecule has 0 aliphatic carbocycles. The van der Waals surface area contributed by atoms with Crippen LogP contribution in [0.25, 0.3) is 0 Å². The SMILES string of the molecule is CCCC[Si](Cl)(Cl)CI. The van der Waals surface area contributed by atoms with Crippen molar-refractivity contribution in [1.82, 2.24) is 0 Å². The zero-order valence-electron chi connectivity index (χ0n) is 5.46. The summed E-state index contributed by atoms with van der Waals surface area (Å²) in [7, 11) is 0. The highest BCUT2D eigenvalue weighted by Crippen LogP contribution is 2.24. The number of alkyl halides is 1. The zero-order valence-corrected chi connectivity index (χ0v) is 10.1. The summed E-state index contributed by atoms with van der Waals surface area (Å²) in [6.45, 7) is 0.391. The minimum atomic E-state index is -1.77. The molecule has 0 rings (SSSR count). The van der Waals surface area contributed by atoms with E-state index in [0.717, 1.165) is 10.1 Å². The molecule has 0 nitrogen and oxygen atoms in total. The molecule has 0 aliphatic heterocycles. The lowest BCUT2D eigenvalue weighted by Gasteiger charge is -2.10. The molecule has 0 unspecified atom stereocenters. The molecule has 0 N–H and O–H groups in total. The second kappa shape index (κ2) is 5.21. The summed E-state index contributed by atoms with van der Waals surface area (Å²) in [6.07, 6.45) is 2.38. The number of hydrogen-bond donors (Lipinski definition) is 0. The molecule has 0 atom stereocenters. The average molecular weight is 297 g/mol. The normalized spacial score (nSPS) is 12.0. The third kappa shape index (κ3) is 5.95. The molecule has 0 aromatic carbocycles. The van der Waals surface area contributed by atoms with Gasteiger partial charge in [-0.15, -0.1) is 22.2 Å². The quantitative estimate of drug-likeness (QED) is 0.321. The predicted molar refractivity (Wildman–Crippen MR) is 56.1 cm³/mol. The van der Waals surface area contributed by atoms with Gasteiger partial charge in [0, 0.05) is 4.05 Å². The van der Waals surface area contributed by atoms with Crippen LogP contribution < -0.4 is 0 Å². The highest BCUT2D eigenvalue weighted by Gasteiger charge is 2.25. The molecule has 0 aromatic rings. The van der Waals surface area contributed by atoms with Crippen LogP contribution in [0.15, 0.2) is 0 Å². The first-order chi connectivity index (χ1) is 4.12. The Morgan fingerprint density at radius 1 is 1.44 bits per heavy atom. The van der Waals surface area contributed by atoms with Crippen LogP contribution in [0.4, 0.5) is 0 Å². The summed E-state index contributed by atoms with van der Waals surface area (Å²) in [6, 6.07) is 1.05. The highest BCUT2D eigenvalue weighted by molar-refractivity contribution is 14.1. The fraction of sp³-hybridized carbons (Fsp3) is 1.00. The van der Waals surface area contributed by atoms with E-state index in [2.05, 4.69) is 29.5 Å². The van der Waals surface area contributed by atoms with Gasteiger partial charge < -0.3 is 0 Å². The average Bonchev–Trinajstić information content (AvgIpc) is 1.84. The van der Waals surface area contributed by atoms with Crippen molar-refractivity contribution in [2.75, 3.05) is 4.05 Å². The predicted octanol–water partition coefficient (Wildman–Crippen LogP) is 3.68. The van der Waals surface area contributed by atoms with Gasteiger partial charge in [0.1, 0.15) is 0 Å². The Morgan fingerprint density at radius 3 is 2.33 bits per heavy atom. The Bertz CT molecular complexity index is 77.4. The molecular formula is C5H11Cl2ISi. The minimum Gasteiger partial charge on any atom is -0.145 e. The zero-order chi connectivity index (χ0) is 7.33. The van der Waals surface area contributed by atoms with E-state index in [1.54, 1.807) is 0 Å². The summed E-state index contributed by atoms with van der Waals surface area (Å²) < 4.78 is 0.952. The lowest BCUT2D eigenvalue weighted by molar-refractivity contribution is 0.876. The van der Waals surface area contributed by atoms with Crippen LogP contribution in [-0.2, 0) is 0 Å². The summed E-state index contributed by atoms with van der Waals surface area (Å²) >= 11 is 14.3. The molecule has 0 radical (unpaired) electrons. The lowest BCUT2D eigenvalue weighted by Crippen LogP contribution is -2.20. The summed E-state index contributed by atoms with van der Waals surface area (Å²) in [4.78, 5) is 0. The summed E-state index contributed by atoms with van der Waals surface area (Å²) in [5.41, 5.74) is 0. The fourth-order valence-electron chi connectivity index (χ4n) is 0.502. The number of halogens is 3. The second-order valence-corrected chi connectivity index (χ2v) is 11.8. The molecule has 56 valence electrons. The molecule has 0 fully saturated rings. The minimum absolute atomic E-state index is 0.952. The smallest absolute Gasteiger partial charge is 0.145 e. The maximum Gasteiger partial charge on any atom is 0.260 e. The van der Waals surface area contributed by atoms with Crippen LogP contribution in [0, 0.1) is 0 Å². The van der Waals surface area contributed by atoms with E-state index >= 15 is 0 Å². The Kier molecular flexibility index (Phi) is 6.10. The van der Waals surface area contributed by atoms with Crippen molar-refractivity contribution < 1.29 is 0 Å². The van der Waals surface area contributed by atoms with Crippen LogP contribution >= 0.6 is 44.7 Å². The Balaban J connectivity index is 3.33. The summed E-state index contributed by atoms with van der Waals surface area (Å²) in [5.74, 6) is 0. The van der Waals surface area contributed by atoms with Gasteiger partial charge in [-0.3, -0.25) is 0 Å². The van der Waals surface area contributed by atoms with Gasteiger partial charge in [-0.05, 0) is 6.04 Å². The molecule has 0 bridgehead atoms. The van der Waals surface area contributed by atoms with Gasteiger partial charge in [0.15, 0.2) is 0 Å². The molecule has 4 heteroatoms. The van der Waals surface area contributed by atoms with Gasteiger partial charge in [0.2, 0.25) is 0 Å². The largest absolute Gasteiger partial charge is 0.260 e. The van der Waals surface area contributed by atoms with Gasteiger partial charge in [0.05, 0.1) is 0 Å². The van der Waals surface area contributed by atoms with Gasteiger partial charge in [0.25, 0.3) is 6.69 Å². The van der Waals surface area contributed by atoms with E-state index in [9.17, 15) is 0 Å². The van der Waals surface area contributed by atoms with Crippen molar-refractivity contribution in [1.29, 1.82) is 0 Å². The Labute approximate surface area is 80.9 Å². The first-order valence-corrected chi connectivity index (χ1v) is 9.02. The fourth-order valence-corrected chi connectivity index (χ4v) is 3.45. The molecule has 0 aromatic heterocycles. The van der Waals surface area contributed by atoms with E-state index in [1.807, 2.05) is 0 Å². The van der Waals surface area contributed by atoms with Crippen molar-refractivity contribution >= 4 is 51.4 Å². The van der Waals surface area contributed by atoms with Crippen molar-refractivity contribution in [2.24, 2.45) is 0 Å². The molecule has 0 saturated heterocycles. The molecule has 0 aliphatic rings. The standard InChI is InChI=1S/C5H11Cl2ISi/c1-2-3-4-9(6,7)5-8/h2-5H2,1H3. The number of unbranched alkanes of at least 4 members (excludes halogenated alkanes) is 1. The summed E-state index contributed by atoms with van der Waals surface area (Å²) in [5, 5.41) is 0. The van der Waals surface area contributed by atoms with Crippen molar-refractivity contribution in [3.05, 3.63) is 0 Å². The van der Waals surface area contributed by atoms with Gasteiger partial charge in [-0.1, -0.05) is 42.4 Å². The van der Waals surface area contributed by atoms with E-state index in [-0.39, 0.29) is 0 Å². The van der Waals surface area contributed by atoms with Crippen LogP contribution in [-0.4, -0.2) is 10.7 Å². The third-order valence-corrected chi connectivity index (χ3v) is 11.1. The van der Waals surface area contributed by atoms with Crippen LogP contribution in [0.1, 0.15) is 19.8 Å². The van der Waals surface area contributed by atoms with E-state index in [0.29, 0.717) is 0 Å². The van der Waals surface area contributed by atoms with E-state index in [4.69, 9.17) is 22.2 Å². The van der Waals surface area contributed by atoms with Crippen LogP contribution in [0.2, 0.25) is 6.04 Å². The maximum absolute atomic E-state index is 6.00. The van der Waals surface area contributed by atoms with E-state index in [1.165, 1.54) is 12.8 Å². The monoisotopic (exact) mass is 296 g/mol. The highest BCUT2D eigenvalue weighted by atomic mass is 127. The first-order valence-electron chi connectivity index (χ1n) is 3.06. The molecule has 0 heterocycles. The molecule has 9 heavy (non-hydrogen) atoms. The maximum atomic E-state index is 6.00. The molecular weight excluding hydrogens is 286 g/mol. The second-order valence-electron chi connectivity index (χ2n) is 2.09. The topological polar surface area (TPSA) is 0 Å². The molecule has 0 amide bonds. The van der Waals surface area contributed by atoms with Crippen molar-refractivity contribution in [3.8, 4) is 0 Å². The van der Waals surface area contributed by atoms with Crippen LogP contribution in [0.3, 0.4) is 0 Å². The third-order valence-electron chi connectivity index (χ3n) is 1.09. The van der Waals surface area contributed by atoms with Gasteiger partial charge in [-0.2, -0.15) is 0 Å². The number of hydrogen-bond acceptors (Lipinski definition) is 0. The van der Waals surface area contributed by atoms with Crippen molar-refractivity contribution in [2.45, 2.75) is 25.8 Å². The van der Waals surface area contributed by atoms with Gasteiger partial charge in [-0.25, -0.2) is 0 Å². The lowest BCUT2D eigenvalue weighted by atomic mass is 10.4. The van der Waals surface area contributed by atoms with Gasteiger partial charge >= 0.3 is 0 Å². The van der Waals surface area contributed by atoms with Crippen molar-refractivity contribution in [3.63, 3.8) is 0 Å². The Hall–Kier alpha value is 1.53. The molecule has 0 spiro atoms. The van der Waals surface area contributed by atoms with E-state index < -0.39 is 6.69 Å². The van der Waals surface area contributed by atoms with Crippen LogP contribution in [0.5, 0.6) is 0 Å². The molecule has 0 saturated carbocycles. The Morgan fingerprint density at radius 2 is 2.00 bits per heavy atom. The first kappa shape index (κ1) is 10.5. The number of rotatable bonds is 4.